The molecule has 1 aliphatic rings. The van der Waals surface area contributed by atoms with Gasteiger partial charge in [0, 0.05) is 17.8 Å². The summed E-state index contributed by atoms with van der Waals surface area (Å²) in [7, 11) is 0. The quantitative estimate of drug-likeness (QED) is 0.593. The molecule has 2 N–H and O–H groups in total. The van der Waals surface area contributed by atoms with Crippen molar-refractivity contribution in [3.05, 3.63) is 53.2 Å². The summed E-state index contributed by atoms with van der Waals surface area (Å²) in [6, 6.07) is 8.06. The maximum Gasteiger partial charge on any atom is 0.341 e. The molecule has 0 atom stereocenters. The molecule has 0 unspecified atom stereocenters. The van der Waals surface area contributed by atoms with Crippen LogP contribution in [0.2, 0.25) is 0 Å². The Hall–Kier alpha value is -2.89. The number of esters is 1. The van der Waals surface area contributed by atoms with E-state index in [1.54, 1.807) is 19.1 Å². The van der Waals surface area contributed by atoms with Crippen LogP contribution in [0.4, 0.5) is 5.82 Å². The van der Waals surface area contributed by atoms with Crippen molar-refractivity contribution >= 4 is 17.6 Å². The van der Waals surface area contributed by atoms with Crippen molar-refractivity contribution in [1.29, 1.82) is 0 Å². The lowest BCUT2D eigenvalue weighted by atomic mass is 9.95. The van der Waals surface area contributed by atoms with Gasteiger partial charge in [-0.25, -0.2) is 9.78 Å². The molecule has 0 bridgehead atoms. The van der Waals surface area contributed by atoms with Gasteiger partial charge in [-0.3, -0.25) is 4.79 Å². The highest BCUT2D eigenvalue weighted by Gasteiger charge is 2.22. The molecule has 0 amide bonds. The highest BCUT2D eigenvalue weighted by atomic mass is 16.5. The third-order valence-corrected chi connectivity index (χ3v) is 4.74. The molecule has 6 heteroatoms. The largest absolute Gasteiger partial charge is 0.507 e. The second-order valence-electron chi connectivity index (χ2n) is 6.67. The molecule has 0 aliphatic heterocycles. The van der Waals surface area contributed by atoms with Gasteiger partial charge in [0.15, 0.2) is 5.78 Å². The van der Waals surface area contributed by atoms with Crippen LogP contribution in [0.25, 0.3) is 0 Å². The van der Waals surface area contributed by atoms with E-state index in [9.17, 15) is 14.7 Å². The van der Waals surface area contributed by atoms with Crippen molar-refractivity contribution in [2.75, 3.05) is 11.9 Å². The molecule has 3 rings (SSSR count). The third-order valence-electron chi connectivity index (χ3n) is 4.74. The smallest absolute Gasteiger partial charge is 0.341 e. The summed E-state index contributed by atoms with van der Waals surface area (Å²) < 4.78 is 5.14. The zero-order valence-electron chi connectivity index (χ0n) is 15.4. The fourth-order valence-electron chi connectivity index (χ4n) is 3.33. The van der Waals surface area contributed by atoms with Gasteiger partial charge in [-0.1, -0.05) is 31.4 Å². The summed E-state index contributed by atoms with van der Waals surface area (Å²) in [6.07, 6.45) is 7.02. The number of para-hydroxylation sites is 1. The predicted octanol–water partition coefficient (Wildman–Crippen LogP) is 3.94. The Morgan fingerprint density at radius 3 is 2.63 bits per heavy atom. The number of hydrogen-bond acceptors (Lipinski definition) is 6. The van der Waals surface area contributed by atoms with Crippen LogP contribution in [0.3, 0.4) is 0 Å². The SMILES string of the molecule is CCOC(=O)c1cc(C(=O)c2ccccc2O)cnc1NC1CCCCC1. The number of ketones is 1. The minimum Gasteiger partial charge on any atom is -0.507 e. The average molecular weight is 368 g/mol. The summed E-state index contributed by atoms with van der Waals surface area (Å²) in [5.41, 5.74) is 0.638. The Labute approximate surface area is 158 Å². The highest BCUT2D eigenvalue weighted by Crippen LogP contribution is 2.25. The molecule has 1 saturated carbocycles. The van der Waals surface area contributed by atoms with Gasteiger partial charge >= 0.3 is 5.97 Å². The Kier molecular flexibility index (Phi) is 6.06. The lowest BCUT2D eigenvalue weighted by Crippen LogP contribution is -2.25. The third kappa shape index (κ3) is 4.45. The van der Waals surface area contributed by atoms with Gasteiger partial charge in [0.05, 0.1) is 12.2 Å². The van der Waals surface area contributed by atoms with Crippen molar-refractivity contribution < 1.29 is 19.4 Å². The van der Waals surface area contributed by atoms with Gasteiger partial charge in [-0.2, -0.15) is 0 Å². The Morgan fingerprint density at radius 1 is 1.19 bits per heavy atom. The molecule has 1 aromatic carbocycles. The molecule has 142 valence electrons. The summed E-state index contributed by atoms with van der Waals surface area (Å²) in [5.74, 6) is -0.579. The number of nitrogens with zero attached hydrogens (tertiary/aromatic N) is 1. The summed E-state index contributed by atoms with van der Waals surface area (Å²) in [6.45, 7) is 1.97. The van der Waals surface area contributed by atoms with Crippen LogP contribution < -0.4 is 5.32 Å². The van der Waals surface area contributed by atoms with Crippen LogP contribution in [0.1, 0.15) is 65.3 Å². The van der Waals surface area contributed by atoms with Gasteiger partial charge in [0.1, 0.15) is 17.1 Å². The number of phenols is 1. The topological polar surface area (TPSA) is 88.5 Å². The summed E-state index contributed by atoms with van der Waals surface area (Å²) in [4.78, 5) is 29.5. The van der Waals surface area contributed by atoms with Crippen LogP contribution in [0, 0.1) is 0 Å². The van der Waals surface area contributed by atoms with Crippen molar-refractivity contribution in [3.63, 3.8) is 0 Å². The first kappa shape index (κ1) is 18.9. The number of benzene rings is 1. The first-order valence-electron chi connectivity index (χ1n) is 9.36. The van der Waals surface area contributed by atoms with Gasteiger partial charge in [-0.05, 0) is 38.0 Å². The van der Waals surface area contributed by atoms with Crippen LogP contribution in [-0.2, 0) is 4.74 Å². The second-order valence-corrected chi connectivity index (χ2v) is 6.67. The van der Waals surface area contributed by atoms with E-state index in [0.717, 1.165) is 25.7 Å². The maximum atomic E-state index is 12.7. The summed E-state index contributed by atoms with van der Waals surface area (Å²) >= 11 is 0. The molecule has 1 fully saturated rings. The van der Waals surface area contributed by atoms with E-state index >= 15 is 0 Å². The normalized spacial score (nSPS) is 14.6. The minimum absolute atomic E-state index is 0.107. The van der Waals surface area contributed by atoms with Gasteiger partial charge in [-0.15, -0.1) is 0 Å². The van der Waals surface area contributed by atoms with E-state index in [0.29, 0.717) is 5.82 Å². The number of rotatable bonds is 6. The second kappa shape index (κ2) is 8.66. The molecular formula is C21H24N2O4. The number of anilines is 1. The number of hydrogen-bond donors (Lipinski definition) is 2. The summed E-state index contributed by atoms with van der Waals surface area (Å²) in [5, 5.41) is 13.3. The number of carbonyl (C=O) groups is 2. The van der Waals surface area contributed by atoms with E-state index in [4.69, 9.17) is 4.74 Å². The zero-order valence-corrected chi connectivity index (χ0v) is 15.4. The molecule has 0 spiro atoms. The molecule has 0 saturated heterocycles. The molecule has 1 aliphatic carbocycles. The molecule has 1 heterocycles. The average Bonchev–Trinajstić information content (AvgIpc) is 2.69. The Bertz CT molecular complexity index is 829. The zero-order chi connectivity index (χ0) is 19.2. The van der Waals surface area contributed by atoms with Gasteiger partial charge in [0.25, 0.3) is 0 Å². The fraction of sp³-hybridized carbons (Fsp3) is 0.381. The number of phenolic OH excluding ortho intramolecular Hbond substituents is 1. The van der Waals surface area contributed by atoms with Crippen molar-refractivity contribution in [2.24, 2.45) is 0 Å². The standard InChI is InChI=1S/C21H24N2O4/c1-2-27-21(26)17-12-14(19(25)16-10-6-7-11-18(16)24)13-22-20(17)23-15-8-4-3-5-9-15/h6-7,10-13,15,24H,2-5,8-9H2,1H3,(H,22,23). The fourth-order valence-corrected chi connectivity index (χ4v) is 3.33. The molecular weight excluding hydrogens is 344 g/mol. The Balaban J connectivity index is 1.92. The molecule has 27 heavy (non-hydrogen) atoms. The lowest BCUT2D eigenvalue weighted by Gasteiger charge is -2.24. The van der Waals surface area contributed by atoms with Crippen LogP contribution in [0.15, 0.2) is 36.5 Å². The maximum absolute atomic E-state index is 12.7. The van der Waals surface area contributed by atoms with E-state index in [1.807, 2.05) is 0 Å². The van der Waals surface area contributed by atoms with E-state index in [-0.39, 0.29) is 35.1 Å². The van der Waals surface area contributed by atoms with Crippen molar-refractivity contribution in [2.45, 2.75) is 45.1 Å². The molecule has 2 aromatic rings. The number of pyridine rings is 1. The first-order chi connectivity index (χ1) is 13.1. The highest BCUT2D eigenvalue weighted by molar-refractivity contribution is 6.11. The molecule has 6 nitrogen and oxygen atoms in total. The lowest BCUT2D eigenvalue weighted by molar-refractivity contribution is 0.0527. The monoisotopic (exact) mass is 368 g/mol. The number of ether oxygens (including phenoxy) is 1. The minimum atomic E-state index is -0.518. The molecule has 0 radical (unpaired) electrons. The van der Waals surface area contributed by atoms with Crippen LogP contribution >= 0.6 is 0 Å². The first-order valence-corrected chi connectivity index (χ1v) is 9.36. The predicted molar refractivity (Wildman–Crippen MR) is 102 cm³/mol. The van der Waals surface area contributed by atoms with Crippen molar-refractivity contribution in [3.8, 4) is 5.75 Å². The number of aromatic nitrogens is 1. The van der Waals surface area contributed by atoms with E-state index in [1.165, 1.54) is 30.8 Å². The van der Waals surface area contributed by atoms with Crippen LogP contribution in [0.5, 0.6) is 5.75 Å². The Morgan fingerprint density at radius 2 is 1.93 bits per heavy atom. The van der Waals surface area contributed by atoms with Crippen molar-refractivity contribution in [1.82, 2.24) is 4.98 Å². The number of nitrogens with one attached hydrogen (secondary N) is 1. The van der Waals surface area contributed by atoms with Crippen LogP contribution in [-0.4, -0.2) is 34.5 Å². The molecule has 1 aromatic heterocycles. The van der Waals surface area contributed by atoms with Gasteiger partial charge in [0.2, 0.25) is 0 Å². The van der Waals surface area contributed by atoms with E-state index in [2.05, 4.69) is 10.3 Å². The van der Waals surface area contributed by atoms with E-state index < -0.39 is 11.8 Å². The number of carbonyl (C=O) groups excluding carboxylic acids is 2. The number of aromatic hydroxyl groups is 1. The van der Waals surface area contributed by atoms with Gasteiger partial charge < -0.3 is 15.2 Å².